The van der Waals surface area contributed by atoms with Gasteiger partial charge in [0.1, 0.15) is 0 Å². The molecule has 0 atom stereocenters. The van der Waals surface area contributed by atoms with Crippen molar-refractivity contribution in [2.24, 2.45) is 0 Å². The Morgan fingerprint density at radius 1 is 0.500 bits per heavy atom. The van der Waals surface area contributed by atoms with Crippen molar-refractivity contribution >= 4 is 120 Å². The van der Waals surface area contributed by atoms with Crippen LogP contribution in [0.1, 0.15) is 58.2 Å². The number of anilines is 3. The normalized spacial score (nSPS) is 13.9. The first kappa shape index (κ1) is 32.8. The quantitative estimate of drug-likeness (QED) is 0.151. The molecular formula is C51H41BN2S2. The van der Waals surface area contributed by atoms with Crippen LogP contribution in [0.4, 0.5) is 17.1 Å². The third-order valence-electron chi connectivity index (χ3n) is 12.7. The molecule has 10 aromatic rings. The molecule has 7 aromatic carbocycles. The van der Waals surface area contributed by atoms with Gasteiger partial charge in [-0.1, -0.05) is 90.1 Å². The molecule has 0 fully saturated rings. The molecule has 0 unspecified atom stereocenters. The van der Waals surface area contributed by atoms with Gasteiger partial charge in [0.15, 0.2) is 0 Å². The monoisotopic (exact) mass is 756 g/mol. The van der Waals surface area contributed by atoms with Crippen molar-refractivity contribution in [2.75, 3.05) is 4.90 Å². The van der Waals surface area contributed by atoms with E-state index < -0.39 is 0 Å². The van der Waals surface area contributed by atoms with Gasteiger partial charge < -0.3 is 9.38 Å². The van der Waals surface area contributed by atoms with E-state index in [1.165, 1.54) is 118 Å². The van der Waals surface area contributed by atoms with Crippen molar-refractivity contribution in [3.8, 4) is 11.1 Å². The van der Waals surface area contributed by atoms with E-state index in [-0.39, 0.29) is 17.7 Å². The van der Waals surface area contributed by atoms with Crippen molar-refractivity contribution in [3.05, 3.63) is 138 Å². The lowest BCUT2D eigenvalue weighted by atomic mass is 9.45. The van der Waals surface area contributed by atoms with Crippen LogP contribution >= 0.6 is 22.7 Å². The summed E-state index contributed by atoms with van der Waals surface area (Å²) in [6.45, 7) is 16.4. The maximum absolute atomic E-state index is 2.73. The van der Waals surface area contributed by atoms with Crippen LogP contribution in [0.15, 0.2) is 121 Å². The van der Waals surface area contributed by atoms with E-state index in [4.69, 9.17) is 0 Å². The maximum Gasteiger partial charge on any atom is 0.333 e. The summed E-state index contributed by atoms with van der Waals surface area (Å²) < 4.78 is 8.07. The summed E-state index contributed by atoms with van der Waals surface area (Å²) in [7, 11) is 0. The first-order chi connectivity index (χ1) is 26.9. The predicted molar refractivity (Wildman–Crippen MR) is 248 cm³/mol. The molecular weight excluding hydrogens is 716 g/mol. The molecule has 0 saturated carbocycles. The van der Waals surface area contributed by atoms with Crippen molar-refractivity contribution in [1.82, 2.24) is 4.48 Å². The SMILES string of the molecule is Cc1cc2c3c(c1)N(c1ccc4sc5ccccc5c4c1)c1cc4c(cc1B3n1c3ccc(C(C)(C)C)cc3c3cc(C(C)(C)C)cc-2c31)sc1ccccc14. The Balaban J connectivity index is 1.25. The van der Waals surface area contributed by atoms with Gasteiger partial charge in [0.25, 0.3) is 0 Å². The van der Waals surface area contributed by atoms with E-state index in [2.05, 4.69) is 179 Å². The summed E-state index contributed by atoms with van der Waals surface area (Å²) >= 11 is 3.81. The number of hydrogen-bond donors (Lipinski definition) is 0. The number of hydrogen-bond acceptors (Lipinski definition) is 3. The minimum atomic E-state index is -0.00831. The molecule has 0 aliphatic carbocycles. The molecule has 0 N–H and O–H groups in total. The van der Waals surface area contributed by atoms with Crippen LogP contribution in [-0.2, 0) is 10.8 Å². The molecule has 12 rings (SSSR count). The molecule has 56 heavy (non-hydrogen) atoms. The van der Waals surface area contributed by atoms with Gasteiger partial charge in [0.05, 0.1) is 0 Å². The van der Waals surface area contributed by atoms with E-state index in [1.807, 2.05) is 22.7 Å². The fourth-order valence-corrected chi connectivity index (χ4v) is 12.1. The molecule has 0 saturated heterocycles. The molecule has 0 amide bonds. The predicted octanol–water partition coefficient (Wildman–Crippen LogP) is 13.9. The number of nitrogens with zero attached hydrogens (tertiary/aromatic N) is 2. The maximum atomic E-state index is 2.73. The van der Waals surface area contributed by atoms with Crippen LogP contribution in [0.3, 0.4) is 0 Å². The van der Waals surface area contributed by atoms with Gasteiger partial charge in [-0.25, -0.2) is 0 Å². The van der Waals surface area contributed by atoms with Crippen LogP contribution in [0, 0.1) is 6.92 Å². The van der Waals surface area contributed by atoms with E-state index >= 15 is 0 Å². The largest absolute Gasteiger partial charge is 0.375 e. The Bertz CT molecular complexity index is 3360. The summed E-state index contributed by atoms with van der Waals surface area (Å²) in [5.41, 5.74) is 16.0. The molecule has 2 nitrogen and oxygen atoms in total. The van der Waals surface area contributed by atoms with Gasteiger partial charge in [-0.15, -0.1) is 22.7 Å². The summed E-state index contributed by atoms with van der Waals surface area (Å²) in [4.78, 5) is 2.61. The van der Waals surface area contributed by atoms with Crippen LogP contribution in [-0.4, -0.2) is 11.3 Å². The lowest BCUT2D eigenvalue weighted by Crippen LogP contribution is -2.56. The Morgan fingerprint density at radius 3 is 1.89 bits per heavy atom. The summed E-state index contributed by atoms with van der Waals surface area (Å²) in [5, 5.41) is 8.03. The highest BCUT2D eigenvalue weighted by molar-refractivity contribution is 7.26. The van der Waals surface area contributed by atoms with Crippen molar-refractivity contribution in [1.29, 1.82) is 0 Å². The zero-order chi connectivity index (χ0) is 38.0. The van der Waals surface area contributed by atoms with Crippen LogP contribution in [0.2, 0.25) is 0 Å². The standard InChI is InChI=1S/C51H41BN2S2/c1-28-20-37-39-24-30(51(5,6)7)23-38-34-22-29(50(2,3)4)16-18-41(34)54(49(38)39)52-40-27-47-36(33-13-9-11-15-45(33)56-47)26-42(40)53(43(21-28)48(37)52)31-17-19-46-35(25-31)32-12-8-10-14-44(32)55-46/h8-27H,1-7H3. The smallest absolute Gasteiger partial charge is 0.333 e. The van der Waals surface area contributed by atoms with Crippen molar-refractivity contribution < 1.29 is 0 Å². The number of aromatic nitrogens is 1. The third-order valence-corrected chi connectivity index (χ3v) is 15.0. The van der Waals surface area contributed by atoms with Gasteiger partial charge >= 0.3 is 6.85 Å². The lowest BCUT2D eigenvalue weighted by molar-refractivity contribution is 0.590. The Hall–Kier alpha value is -5.36. The minimum absolute atomic E-state index is 0.00831. The van der Waals surface area contributed by atoms with E-state index in [0.717, 1.165) is 0 Å². The molecule has 270 valence electrons. The molecule has 0 bridgehead atoms. The molecule has 2 aliphatic heterocycles. The van der Waals surface area contributed by atoms with E-state index in [9.17, 15) is 0 Å². The summed E-state index contributed by atoms with van der Waals surface area (Å²) in [6.07, 6.45) is 0. The van der Waals surface area contributed by atoms with Crippen LogP contribution in [0.5, 0.6) is 0 Å². The Morgan fingerprint density at radius 2 is 1.16 bits per heavy atom. The van der Waals surface area contributed by atoms with Crippen molar-refractivity contribution in [2.45, 2.75) is 59.3 Å². The van der Waals surface area contributed by atoms with Gasteiger partial charge in [-0.05, 0) is 124 Å². The minimum Gasteiger partial charge on any atom is -0.375 e. The molecule has 2 aliphatic rings. The Kier molecular flexibility index (Phi) is 6.41. The third kappa shape index (κ3) is 4.39. The second-order valence-corrected chi connectivity index (χ2v) is 20.5. The molecule has 5 heterocycles. The highest BCUT2D eigenvalue weighted by Gasteiger charge is 2.44. The van der Waals surface area contributed by atoms with Crippen molar-refractivity contribution in [3.63, 3.8) is 0 Å². The summed E-state index contributed by atoms with van der Waals surface area (Å²) in [6, 6.07) is 47.3. The van der Waals surface area contributed by atoms with E-state index in [0.29, 0.717) is 0 Å². The first-order valence-corrected chi connectivity index (χ1v) is 21.5. The topological polar surface area (TPSA) is 8.17 Å². The lowest BCUT2D eigenvalue weighted by Gasteiger charge is -2.41. The first-order valence-electron chi connectivity index (χ1n) is 19.9. The number of thiophene rings is 2. The fourth-order valence-electron chi connectivity index (χ4n) is 9.90. The average molecular weight is 757 g/mol. The second-order valence-electron chi connectivity index (χ2n) is 18.3. The van der Waals surface area contributed by atoms with E-state index in [1.54, 1.807) is 0 Å². The number of benzene rings is 7. The zero-order valence-electron chi connectivity index (χ0n) is 32.8. The highest BCUT2D eigenvalue weighted by atomic mass is 32.1. The second kappa shape index (κ2) is 10.9. The molecule has 0 spiro atoms. The van der Waals surface area contributed by atoms with Gasteiger partial charge in [0.2, 0.25) is 0 Å². The number of fused-ring (bicyclic) bond motifs is 13. The van der Waals surface area contributed by atoms with Gasteiger partial charge in [-0.2, -0.15) is 0 Å². The highest BCUT2D eigenvalue weighted by Crippen LogP contribution is 2.49. The molecule has 5 heteroatoms. The zero-order valence-corrected chi connectivity index (χ0v) is 34.5. The van der Waals surface area contributed by atoms with Gasteiger partial charge in [-0.3, -0.25) is 0 Å². The Labute approximate surface area is 335 Å². The summed E-state index contributed by atoms with van der Waals surface area (Å²) in [5.74, 6) is 0. The fraction of sp³-hybridized carbons (Fsp3) is 0.176. The van der Waals surface area contributed by atoms with Gasteiger partial charge in [0, 0.05) is 84.8 Å². The average Bonchev–Trinajstić information content (AvgIpc) is 3.84. The number of rotatable bonds is 1. The van der Waals surface area contributed by atoms with Crippen LogP contribution in [0.25, 0.3) is 73.3 Å². The molecule has 0 radical (unpaired) electrons. The number of aryl methyl sites for hydroxylation is 1. The molecule has 3 aromatic heterocycles. The van der Waals surface area contributed by atoms with Crippen LogP contribution < -0.4 is 15.8 Å².